The molecule has 0 aliphatic rings. The second kappa shape index (κ2) is 12.2. The van der Waals surface area contributed by atoms with Gasteiger partial charge in [0, 0.05) is 11.4 Å². The van der Waals surface area contributed by atoms with Gasteiger partial charge in [-0.2, -0.15) is 18.3 Å². The van der Waals surface area contributed by atoms with Gasteiger partial charge in [-0.15, -0.1) is 0 Å². The SMILES string of the molecule is CCOC(=O)c1c(Nc2ccccc2)nn(CC(OC(=O)Nc2cccc(C(F)(F)F)c2)c2ccccc2)c1N. The number of nitrogens with two attached hydrogens (primary N) is 1. The molecule has 40 heavy (non-hydrogen) atoms. The van der Waals surface area contributed by atoms with E-state index >= 15 is 0 Å². The molecule has 12 heteroatoms. The van der Waals surface area contributed by atoms with Crippen LogP contribution < -0.4 is 16.4 Å². The average molecular weight is 554 g/mol. The number of rotatable bonds is 9. The number of benzene rings is 3. The van der Waals surface area contributed by atoms with Crippen LogP contribution in [0.25, 0.3) is 0 Å². The molecular formula is C28H26F3N5O4. The number of nitrogen functional groups attached to an aromatic ring is 1. The molecule has 4 aromatic rings. The van der Waals surface area contributed by atoms with Gasteiger partial charge in [-0.05, 0) is 42.8 Å². The predicted molar refractivity (Wildman–Crippen MR) is 143 cm³/mol. The summed E-state index contributed by atoms with van der Waals surface area (Å²) in [6, 6.07) is 21.8. The molecule has 208 valence electrons. The first-order valence-corrected chi connectivity index (χ1v) is 12.2. The minimum absolute atomic E-state index is 0.00549. The number of amides is 1. The summed E-state index contributed by atoms with van der Waals surface area (Å²) in [6.45, 7) is 1.65. The molecule has 4 N–H and O–H groups in total. The first-order chi connectivity index (χ1) is 19.2. The number of nitrogens with one attached hydrogen (secondary N) is 2. The van der Waals surface area contributed by atoms with Crippen LogP contribution in [-0.2, 0) is 22.2 Å². The number of hydrogen-bond donors (Lipinski definition) is 3. The van der Waals surface area contributed by atoms with E-state index in [1.807, 2.05) is 6.07 Å². The Morgan fingerprint density at radius 3 is 2.27 bits per heavy atom. The van der Waals surface area contributed by atoms with Crippen LogP contribution >= 0.6 is 0 Å². The minimum Gasteiger partial charge on any atom is -0.462 e. The van der Waals surface area contributed by atoms with Crippen LogP contribution in [0.5, 0.6) is 0 Å². The lowest BCUT2D eigenvalue weighted by atomic mass is 10.1. The molecule has 0 aliphatic heterocycles. The first kappa shape index (κ1) is 28.0. The van der Waals surface area contributed by atoms with E-state index in [0.29, 0.717) is 11.3 Å². The second-order valence-corrected chi connectivity index (χ2v) is 8.51. The van der Waals surface area contributed by atoms with Crippen LogP contribution in [0.2, 0.25) is 0 Å². The van der Waals surface area contributed by atoms with Crippen molar-refractivity contribution in [2.75, 3.05) is 23.0 Å². The van der Waals surface area contributed by atoms with Crippen molar-refractivity contribution < 1.29 is 32.2 Å². The number of anilines is 4. The molecule has 1 amide bonds. The molecule has 1 atom stereocenters. The van der Waals surface area contributed by atoms with Gasteiger partial charge in [0.05, 0.1) is 18.7 Å². The topological polar surface area (TPSA) is 120 Å². The van der Waals surface area contributed by atoms with Gasteiger partial charge in [-0.1, -0.05) is 54.6 Å². The van der Waals surface area contributed by atoms with Gasteiger partial charge in [0.25, 0.3) is 0 Å². The molecule has 0 saturated heterocycles. The Morgan fingerprint density at radius 2 is 1.62 bits per heavy atom. The Hall–Kier alpha value is -5.00. The fourth-order valence-electron chi connectivity index (χ4n) is 3.85. The number of carbonyl (C=O) groups excluding carboxylic acids is 2. The van der Waals surface area contributed by atoms with E-state index < -0.39 is 29.9 Å². The molecule has 9 nitrogen and oxygen atoms in total. The van der Waals surface area contributed by atoms with Crippen molar-refractivity contribution in [3.8, 4) is 0 Å². The van der Waals surface area contributed by atoms with E-state index in [9.17, 15) is 22.8 Å². The Balaban J connectivity index is 1.62. The number of halogens is 3. The van der Waals surface area contributed by atoms with Gasteiger partial charge in [0.15, 0.2) is 5.82 Å². The summed E-state index contributed by atoms with van der Waals surface area (Å²) in [7, 11) is 0. The van der Waals surface area contributed by atoms with Gasteiger partial charge in [0.2, 0.25) is 0 Å². The zero-order valence-electron chi connectivity index (χ0n) is 21.3. The molecule has 4 rings (SSSR count). The third kappa shape index (κ3) is 6.90. The third-order valence-electron chi connectivity index (χ3n) is 5.70. The highest BCUT2D eigenvalue weighted by Gasteiger charge is 2.31. The van der Waals surface area contributed by atoms with Crippen molar-refractivity contribution in [2.45, 2.75) is 25.7 Å². The zero-order chi connectivity index (χ0) is 28.7. The van der Waals surface area contributed by atoms with E-state index in [0.717, 1.165) is 12.1 Å². The van der Waals surface area contributed by atoms with Gasteiger partial charge in [-0.3, -0.25) is 5.32 Å². The maximum atomic E-state index is 13.1. The molecule has 0 aliphatic carbocycles. The van der Waals surface area contributed by atoms with Crippen molar-refractivity contribution in [1.82, 2.24) is 9.78 Å². The number of nitrogens with zero attached hydrogens (tertiary/aromatic N) is 2. The van der Waals surface area contributed by atoms with Crippen LogP contribution in [-0.4, -0.2) is 28.4 Å². The summed E-state index contributed by atoms with van der Waals surface area (Å²) in [5, 5.41) is 9.83. The fraction of sp³-hybridized carbons (Fsp3) is 0.179. The van der Waals surface area contributed by atoms with E-state index in [1.54, 1.807) is 61.5 Å². The maximum absolute atomic E-state index is 13.1. The van der Waals surface area contributed by atoms with Gasteiger partial charge < -0.3 is 20.5 Å². The molecule has 1 aromatic heterocycles. The number of para-hydroxylation sites is 1. The Kier molecular flexibility index (Phi) is 8.57. The lowest BCUT2D eigenvalue weighted by Gasteiger charge is -2.19. The van der Waals surface area contributed by atoms with Gasteiger partial charge >= 0.3 is 18.2 Å². The molecule has 0 fully saturated rings. The minimum atomic E-state index is -4.58. The van der Waals surface area contributed by atoms with Crippen molar-refractivity contribution in [2.24, 2.45) is 0 Å². The number of carbonyl (C=O) groups is 2. The average Bonchev–Trinajstić information content (AvgIpc) is 3.23. The molecular weight excluding hydrogens is 527 g/mol. The molecule has 0 bridgehead atoms. The Bertz CT molecular complexity index is 1460. The smallest absolute Gasteiger partial charge is 0.416 e. The van der Waals surface area contributed by atoms with Crippen molar-refractivity contribution >= 4 is 35.1 Å². The monoisotopic (exact) mass is 553 g/mol. The highest BCUT2D eigenvalue weighted by molar-refractivity contribution is 6.00. The summed E-state index contributed by atoms with van der Waals surface area (Å²) in [5.41, 5.74) is 6.53. The number of hydrogen-bond acceptors (Lipinski definition) is 7. The normalized spacial score (nSPS) is 11.9. The predicted octanol–water partition coefficient (Wildman–Crippen LogP) is 6.39. The highest BCUT2D eigenvalue weighted by Crippen LogP contribution is 2.32. The Morgan fingerprint density at radius 1 is 0.975 bits per heavy atom. The molecule has 1 heterocycles. The van der Waals surface area contributed by atoms with E-state index in [4.69, 9.17) is 15.2 Å². The fourth-order valence-corrected chi connectivity index (χ4v) is 3.85. The van der Waals surface area contributed by atoms with E-state index in [-0.39, 0.29) is 36.0 Å². The third-order valence-corrected chi connectivity index (χ3v) is 5.70. The summed E-state index contributed by atoms with van der Waals surface area (Å²) < 4.78 is 51.4. The maximum Gasteiger partial charge on any atom is 0.416 e. The van der Waals surface area contributed by atoms with Crippen molar-refractivity contribution in [3.63, 3.8) is 0 Å². The zero-order valence-corrected chi connectivity index (χ0v) is 21.3. The number of alkyl halides is 3. The van der Waals surface area contributed by atoms with Crippen LogP contribution in [0, 0.1) is 0 Å². The summed E-state index contributed by atoms with van der Waals surface area (Å²) in [4.78, 5) is 25.5. The van der Waals surface area contributed by atoms with Gasteiger partial charge in [0.1, 0.15) is 17.5 Å². The quantitative estimate of drug-likeness (QED) is 0.205. The van der Waals surface area contributed by atoms with Crippen molar-refractivity contribution in [1.29, 1.82) is 0 Å². The number of ether oxygens (including phenoxy) is 2. The number of aromatic nitrogens is 2. The summed E-state index contributed by atoms with van der Waals surface area (Å²) in [5.74, 6) is -0.578. The van der Waals surface area contributed by atoms with Crippen LogP contribution in [0.4, 0.5) is 41.0 Å². The summed E-state index contributed by atoms with van der Waals surface area (Å²) in [6.07, 6.45) is -6.55. The molecule has 3 aromatic carbocycles. The van der Waals surface area contributed by atoms with Crippen LogP contribution in [0.1, 0.15) is 34.5 Å². The lowest BCUT2D eigenvalue weighted by molar-refractivity contribution is -0.137. The lowest BCUT2D eigenvalue weighted by Crippen LogP contribution is -2.22. The molecule has 0 radical (unpaired) electrons. The molecule has 1 unspecified atom stereocenters. The summed E-state index contributed by atoms with van der Waals surface area (Å²) >= 11 is 0. The Labute approximate surface area is 227 Å². The standard InChI is InChI=1S/C28H26F3N5O4/c1-2-39-26(37)23-24(32)36(35-25(23)33-20-13-7-4-8-14-20)17-22(18-10-5-3-6-11-18)40-27(38)34-21-15-9-12-19(16-21)28(29,30)31/h3-16,22H,2,17,32H2,1H3,(H,33,35)(H,34,38). The van der Waals surface area contributed by atoms with Gasteiger partial charge in [-0.25, -0.2) is 14.3 Å². The largest absolute Gasteiger partial charge is 0.462 e. The van der Waals surface area contributed by atoms with Crippen LogP contribution in [0.15, 0.2) is 84.9 Å². The molecule has 0 spiro atoms. The number of esters is 1. The van der Waals surface area contributed by atoms with Crippen molar-refractivity contribution in [3.05, 3.63) is 102 Å². The molecule has 0 saturated carbocycles. The van der Waals surface area contributed by atoms with E-state index in [2.05, 4.69) is 15.7 Å². The van der Waals surface area contributed by atoms with E-state index in [1.165, 1.54) is 16.8 Å². The first-order valence-electron chi connectivity index (χ1n) is 12.2. The highest BCUT2D eigenvalue weighted by atomic mass is 19.4. The van der Waals surface area contributed by atoms with Crippen LogP contribution in [0.3, 0.4) is 0 Å². The second-order valence-electron chi connectivity index (χ2n) is 8.51.